The molecular formula is C22H26N4O4. The fourth-order valence-electron chi connectivity index (χ4n) is 3.96. The van der Waals surface area contributed by atoms with Gasteiger partial charge in [-0.15, -0.1) is 0 Å². The Kier molecular flexibility index (Phi) is 5.24. The highest BCUT2D eigenvalue weighted by atomic mass is 16.5. The first kappa shape index (κ1) is 20.0. The van der Waals surface area contributed by atoms with Crippen LogP contribution in [0.4, 0.5) is 0 Å². The molecule has 0 bridgehead atoms. The number of H-pyrrole nitrogens is 1. The molecule has 30 heavy (non-hydrogen) atoms. The van der Waals surface area contributed by atoms with Crippen LogP contribution in [-0.4, -0.2) is 52.7 Å². The summed E-state index contributed by atoms with van der Waals surface area (Å²) in [5.74, 6) is 1.48. The summed E-state index contributed by atoms with van der Waals surface area (Å²) in [4.78, 5) is 31.7. The summed E-state index contributed by atoms with van der Waals surface area (Å²) in [6.07, 6.45) is 1.15. The standard InChI is InChI=1S/C22H26N4O4/c1-13-14(2)23-20-11-17(24-26(20)22(13)28)16-7-8-25(12-16)21(27)10-15-5-6-18(29-3)19(9-15)30-4/h5-6,9,11,16,24H,7-8,10,12H2,1-4H3. The van der Waals surface area contributed by atoms with Crippen LogP contribution in [0, 0.1) is 13.8 Å². The number of aromatic nitrogens is 3. The topological polar surface area (TPSA) is 88.9 Å². The number of fused-ring (bicyclic) bond motifs is 1. The lowest BCUT2D eigenvalue weighted by atomic mass is 10.1. The summed E-state index contributed by atoms with van der Waals surface area (Å²) in [6.45, 7) is 4.92. The summed E-state index contributed by atoms with van der Waals surface area (Å²) in [7, 11) is 3.17. The highest BCUT2D eigenvalue weighted by molar-refractivity contribution is 5.79. The highest BCUT2D eigenvalue weighted by Crippen LogP contribution is 2.30. The second-order valence-corrected chi connectivity index (χ2v) is 7.72. The lowest BCUT2D eigenvalue weighted by Gasteiger charge is -2.17. The predicted molar refractivity (Wildman–Crippen MR) is 112 cm³/mol. The van der Waals surface area contributed by atoms with Crippen molar-refractivity contribution in [3.8, 4) is 11.5 Å². The van der Waals surface area contributed by atoms with E-state index in [0.29, 0.717) is 42.2 Å². The van der Waals surface area contributed by atoms with Crippen LogP contribution in [0.25, 0.3) is 5.65 Å². The predicted octanol–water partition coefficient (Wildman–Crippen LogP) is 2.22. The Morgan fingerprint density at radius 1 is 1.20 bits per heavy atom. The Labute approximate surface area is 174 Å². The minimum Gasteiger partial charge on any atom is -0.493 e. The van der Waals surface area contributed by atoms with E-state index in [-0.39, 0.29) is 17.4 Å². The van der Waals surface area contributed by atoms with Crippen LogP contribution >= 0.6 is 0 Å². The number of ether oxygens (including phenoxy) is 2. The van der Waals surface area contributed by atoms with Crippen molar-refractivity contribution >= 4 is 11.6 Å². The average molecular weight is 410 g/mol. The van der Waals surface area contributed by atoms with E-state index in [0.717, 1.165) is 23.4 Å². The summed E-state index contributed by atoms with van der Waals surface area (Å²) in [5.41, 5.74) is 3.73. The first-order valence-electron chi connectivity index (χ1n) is 9.98. The SMILES string of the molecule is COc1ccc(CC(=O)N2CCC(c3cc4nc(C)c(C)c(=O)n4[nH]3)C2)cc1OC. The van der Waals surface area contributed by atoms with Crippen LogP contribution in [0.15, 0.2) is 29.1 Å². The van der Waals surface area contributed by atoms with Gasteiger partial charge < -0.3 is 14.4 Å². The van der Waals surface area contributed by atoms with Gasteiger partial charge in [-0.25, -0.2) is 9.50 Å². The summed E-state index contributed by atoms with van der Waals surface area (Å²) >= 11 is 0. The van der Waals surface area contributed by atoms with Crippen LogP contribution in [0.1, 0.15) is 34.9 Å². The van der Waals surface area contributed by atoms with Crippen molar-refractivity contribution in [2.24, 2.45) is 0 Å². The third kappa shape index (κ3) is 3.53. The molecular weight excluding hydrogens is 384 g/mol. The molecule has 4 rings (SSSR count). The molecule has 2 aromatic heterocycles. The van der Waals surface area contributed by atoms with Crippen molar-refractivity contribution in [1.29, 1.82) is 0 Å². The quantitative estimate of drug-likeness (QED) is 0.697. The van der Waals surface area contributed by atoms with Crippen LogP contribution in [0.3, 0.4) is 0 Å². The van der Waals surface area contributed by atoms with Crippen molar-refractivity contribution in [1.82, 2.24) is 19.5 Å². The molecule has 1 unspecified atom stereocenters. The maximum atomic E-state index is 12.8. The molecule has 158 valence electrons. The van der Waals surface area contributed by atoms with Gasteiger partial charge in [0.05, 0.1) is 20.6 Å². The van der Waals surface area contributed by atoms with Crippen LogP contribution in [0.2, 0.25) is 0 Å². The molecule has 1 aromatic carbocycles. The number of benzene rings is 1. The lowest BCUT2D eigenvalue weighted by molar-refractivity contribution is -0.129. The lowest BCUT2D eigenvalue weighted by Crippen LogP contribution is -2.30. The molecule has 0 aliphatic carbocycles. The van der Waals surface area contributed by atoms with E-state index in [1.807, 2.05) is 36.1 Å². The van der Waals surface area contributed by atoms with Gasteiger partial charge in [0, 0.05) is 42.0 Å². The van der Waals surface area contributed by atoms with E-state index in [2.05, 4.69) is 10.1 Å². The molecule has 1 atom stereocenters. The first-order chi connectivity index (χ1) is 14.4. The Hall–Kier alpha value is -3.29. The molecule has 0 saturated carbocycles. The molecule has 1 N–H and O–H groups in total. The van der Waals surface area contributed by atoms with E-state index in [1.165, 1.54) is 4.52 Å². The van der Waals surface area contributed by atoms with E-state index in [9.17, 15) is 9.59 Å². The van der Waals surface area contributed by atoms with Gasteiger partial charge in [0.15, 0.2) is 17.1 Å². The highest BCUT2D eigenvalue weighted by Gasteiger charge is 2.29. The zero-order valence-corrected chi connectivity index (χ0v) is 17.7. The second-order valence-electron chi connectivity index (χ2n) is 7.72. The van der Waals surface area contributed by atoms with Crippen LogP contribution in [-0.2, 0) is 11.2 Å². The Morgan fingerprint density at radius 3 is 2.70 bits per heavy atom. The Balaban J connectivity index is 1.48. The number of methoxy groups -OCH3 is 2. The third-order valence-electron chi connectivity index (χ3n) is 5.89. The Bertz CT molecular complexity index is 1160. The number of amides is 1. The van der Waals surface area contributed by atoms with Gasteiger partial charge in [0.2, 0.25) is 5.91 Å². The van der Waals surface area contributed by atoms with E-state index >= 15 is 0 Å². The van der Waals surface area contributed by atoms with Gasteiger partial charge in [0.1, 0.15) is 0 Å². The molecule has 1 aliphatic heterocycles. The fourth-order valence-corrected chi connectivity index (χ4v) is 3.96. The van der Waals surface area contributed by atoms with Gasteiger partial charge >= 0.3 is 0 Å². The third-order valence-corrected chi connectivity index (χ3v) is 5.89. The second kappa shape index (κ2) is 7.85. The van der Waals surface area contributed by atoms with E-state index in [1.54, 1.807) is 21.1 Å². The number of hydrogen-bond acceptors (Lipinski definition) is 5. The Morgan fingerprint density at radius 2 is 1.97 bits per heavy atom. The zero-order valence-electron chi connectivity index (χ0n) is 17.7. The summed E-state index contributed by atoms with van der Waals surface area (Å²) in [5, 5.41) is 3.18. The number of aromatic amines is 1. The fraction of sp³-hybridized carbons (Fsp3) is 0.409. The minimum absolute atomic E-state index is 0.0720. The number of rotatable bonds is 5. The largest absolute Gasteiger partial charge is 0.493 e. The molecule has 8 heteroatoms. The van der Waals surface area contributed by atoms with Gasteiger partial charge in [-0.1, -0.05) is 6.07 Å². The number of nitrogens with one attached hydrogen (secondary N) is 1. The maximum absolute atomic E-state index is 12.8. The molecule has 3 aromatic rings. The average Bonchev–Trinajstić information content (AvgIpc) is 3.39. The zero-order chi connectivity index (χ0) is 21.4. The molecule has 1 amide bonds. The number of hydrogen-bond donors (Lipinski definition) is 1. The first-order valence-corrected chi connectivity index (χ1v) is 9.98. The molecule has 0 spiro atoms. The van der Waals surface area contributed by atoms with E-state index < -0.39 is 0 Å². The number of carbonyl (C=O) groups is 1. The minimum atomic E-state index is -0.0804. The van der Waals surface area contributed by atoms with Crippen LogP contribution in [0.5, 0.6) is 11.5 Å². The maximum Gasteiger partial charge on any atom is 0.275 e. The molecule has 8 nitrogen and oxygen atoms in total. The van der Waals surface area contributed by atoms with Gasteiger partial charge in [-0.05, 0) is 38.0 Å². The molecule has 1 aliphatic rings. The van der Waals surface area contributed by atoms with E-state index in [4.69, 9.17) is 9.47 Å². The van der Waals surface area contributed by atoms with Gasteiger partial charge in [-0.3, -0.25) is 14.7 Å². The molecule has 1 saturated heterocycles. The van der Waals surface area contributed by atoms with Crippen molar-refractivity contribution < 1.29 is 14.3 Å². The molecule has 3 heterocycles. The van der Waals surface area contributed by atoms with Crippen molar-refractivity contribution in [3.63, 3.8) is 0 Å². The number of carbonyl (C=O) groups excluding carboxylic acids is 1. The summed E-state index contributed by atoms with van der Waals surface area (Å²) < 4.78 is 12.1. The van der Waals surface area contributed by atoms with Crippen molar-refractivity contribution in [2.45, 2.75) is 32.6 Å². The number of nitrogens with zero attached hydrogens (tertiary/aromatic N) is 3. The van der Waals surface area contributed by atoms with Gasteiger partial charge in [0.25, 0.3) is 5.56 Å². The van der Waals surface area contributed by atoms with Crippen LogP contribution < -0.4 is 15.0 Å². The normalized spacial score (nSPS) is 16.3. The smallest absolute Gasteiger partial charge is 0.275 e. The van der Waals surface area contributed by atoms with Crippen molar-refractivity contribution in [2.75, 3.05) is 27.3 Å². The summed E-state index contributed by atoms with van der Waals surface area (Å²) in [6, 6.07) is 7.45. The van der Waals surface area contributed by atoms with Crippen molar-refractivity contribution in [3.05, 3.63) is 57.1 Å². The van der Waals surface area contributed by atoms with Gasteiger partial charge in [-0.2, -0.15) is 0 Å². The monoisotopic (exact) mass is 410 g/mol. The number of likely N-dealkylation sites (tertiary alicyclic amines) is 1. The molecule has 1 fully saturated rings. The molecule has 0 radical (unpaired) electrons. The number of aryl methyl sites for hydroxylation is 1.